The molecule has 4 rings (SSSR count). The number of nitrogens with one attached hydrogen (secondary N) is 1. The number of hydrogen-bond acceptors (Lipinski definition) is 4. The molecule has 0 aliphatic carbocycles. The van der Waals surface area contributed by atoms with Gasteiger partial charge < -0.3 is 14.8 Å². The van der Waals surface area contributed by atoms with Gasteiger partial charge in [-0.3, -0.25) is 9.69 Å². The van der Waals surface area contributed by atoms with Gasteiger partial charge in [0, 0.05) is 32.8 Å². The zero-order valence-corrected chi connectivity index (χ0v) is 17.0. The van der Waals surface area contributed by atoms with Crippen molar-refractivity contribution in [2.75, 3.05) is 26.2 Å². The number of benzene rings is 1. The Morgan fingerprint density at radius 3 is 2.70 bits per heavy atom. The van der Waals surface area contributed by atoms with E-state index in [1.807, 2.05) is 0 Å². The second-order valence-electron chi connectivity index (χ2n) is 8.68. The SMILES string of the molecule is O=C(NC[C@H]1CCC2(CCN(Cc3cccc(C(F)(F)F)c3)CC2)O1)[C@@H]1CCCO1. The Bertz CT molecular complexity index is 741. The Hall–Kier alpha value is -1.64. The van der Waals surface area contributed by atoms with E-state index in [4.69, 9.17) is 9.47 Å². The summed E-state index contributed by atoms with van der Waals surface area (Å²) >= 11 is 0. The molecule has 3 saturated heterocycles. The van der Waals surface area contributed by atoms with E-state index < -0.39 is 11.7 Å². The first-order valence-electron chi connectivity index (χ1n) is 10.8. The summed E-state index contributed by atoms with van der Waals surface area (Å²) in [7, 11) is 0. The summed E-state index contributed by atoms with van der Waals surface area (Å²) in [6.45, 7) is 3.27. The van der Waals surface area contributed by atoms with Crippen LogP contribution in [0.3, 0.4) is 0 Å². The van der Waals surface area contributed by atoms with Crippen LogP contribution >= 0.6 is 0 Å². The van der Waals surface area contributed by atoms with Crippen LogP contribution in [0.15, 0.2) is 24.3 Å². The molecule has 8 heteroatoms. The number of alkyl halides is 3. The Labute approximate surface area is 174 Å². The molecule has 0 aromatic heterocycles. The highest BCUT2D eigenvalue weighted by Crippen LogP contribution is 2.39. The van der Waals surface area contributed by atoms with Crippen LogP contribution in [-0.4, -0.2) is 54.9 Å². The van der Waals surface area contributed by atoms with Crippen molar-refractivity contribution in [2.45, 2.75) is 69.1 Å². The summed E-state index contributed by atoms with van der Waals surface area (Å²) in [6, 6.07) is 5.57. The number of amides is 1. The van der Waals surface area contributed by atoms with E-state index in [-0.39, 0.29) is 23.7 Å². The smallest absolute Gasteiger partial charge is 0.370 e. The van der Waals surface area contributed by atoms with Crippen molar-refractivity contribution in [3.8, 4) is 0 Å². The normalized spacial score (nSPS) is 26.9. The van der Waals surface area contributed by atoms with Crippen molar-refractivity contribution in [2.24, 2.45) is 0 Å². The number of piperidine rings is 1. The number of carbonyl (C=O) groups is 1. The van der Waals surface area contributed by atoms with E-state index >= 15 is 0 Å². The second kappa shape index (κ2) is 8.85. The minimum atomic E-state index is -4.31. The molecule has 3 fully saturated rings. The summed E-state index contributed by atoms with van der Waals surface area (Å²) in [6.07, 6.45) is 0.703. The van der Waals surface area contributed by atoms with E-state index in [2.05, 4.69) is 10.2 Å². The predicted octanol–water partition coefficient (Wildman–Crippen LogP) is 3.51. The summed E-state index contributed by atoms with van der Waals surface area (Å²) in [5, 5.41) is 2.96. The van der Waals surface area contributed by atoms with Gasteiger partial charge >= 0.3 is 6.18 Å². The Morgan fingerprint density at radius 1 is 1.20 bits per heavy atom. The molecule has 1 aromatic carbocycles. The van der Waals surface area contributed by atoms with Crippen LogP contribution < -0.4 is 5.32 Å². The minimum absolute atomic E-state index is 0.0189. The highest BCUT2D eigenvalue weighted by molar-refractivity contribution is 5.80. The fourth-order valence-corrected chi connectivity index (χ4v) is 4.74. The van der Waals surface area contributed by atoms with Crippen LogP contribution in [0.1, 0.15) is 49.7 Å². The van der Waals surface area contributed by atoms with Crippen LogP contribution in [0.25, 0.3) is 0 Å². The zero-order chi connectivity index (χ0) is 21.2. The fourth-order valence-electron chi connectivity index (χ4n) is 4.74. The average molecular weight is 426 g/mol. The maximum Gasteiger partial charge on any atom is 0.416 e. The van der Waals surface area contributed by atoms with Crippen molar-refractivity contribution < 1.29 is 27.4 Å². The van der Waals surface area contributed by atoms with Gasteiger partial charge in [0.2, 0.25) is 5.91 Å². The quantitative estimate of drug-likeness (QED) is 0.783. The van der Waals surface area contributed by atoms with Crippen molar-refractivity contribution >= 4 is 5.91 Å². The lowest BCUT2D eigenvalue weighted by Crippen LogP contribution is -2.45. The van der Waals surface area contributed by atoms with Gasteiger partial charge in [-0.1, -0.05) is 18.2 Å². The molecule has 0 unspecified atom stereocenters. The molecule has 1 spiro atoms. The van der Waals surface area contributed by atoms with E-state index in [9.17, 15) is 18.0 Å². The third-order valence-corrected chi connectivity index (χ3v) is 6.49. The second-order valence-corrected chi connectivity index (χ2v) is 8.68. The van der Waals surface area contributed by atoms with Crippen molar-refractivity contribution in [3.63, 3.8) is 0 Å². The molecule has 2 atom stereocenters. The fraction of sp³-hybridized carbons (Fsp3) is 0.682. The first-order chi connectivity index (χ1) is 14.3. The summed E-state index contributed by atoms with van der Waals surface area (Å²) < 4.78 is 50.5. The van der Waals surface area contributed by atoms with Crippen LogP contribution in [0.4, 0.5) is 13.2 Å². The molecule has 1 amide bonds. The first-order valence-corrected chi connectivity index (χ1v) is 10.8. The van der Waals surface area contributed by atoms with E-state index in [0.717, 1.165) is 57.7 Å². The molecular formula is C22H29F3N2O3. The van der Waals surface area contributed by atoms with Crippen LogP contribution in [0.5, 0.6) is 0 Å². The topological polar surface area (TPSA) is 50.8 Å². The molecule has 1 N–H and O–H groups in total. The Balaban J connectivity index is 1.23. The summed E-state index contributed by atoms with van der Waals surface area (Å²) in [5.74, 6) is -0.0482. The first kappa shape index (κ1) is 21.6. The molecule has 0 bridgehead atoms. The maximum atomic E-state index is 12.9. The van der Waals surface area contributed by atoms with Gasteiger partial charge in [-0.25, -0.2) is 0 Å². The standard InChI is InChI=1S/C22H29F3N2O3/c23-22(24,25)17-4-1-3-16(13-17)15-27-10-8-21(9-11-27)7-6-18(30-21)14-26-20(28)19-5-2-12-29-19/h1,3-4,13,18-19H,2,5-12,14-15H2,(H,26,28)/t18-,19+/m1/s1. The molecule has 1 aromatic rings. The van der Waals surface area contributed by atoms with Crippen molar-refractivity contribution in [1.29, 1.82) is 0 Å². The molecule has 166 valence electrons. The summed E-state index contributed by atoms with van der Waals surface area (Å²) in [5.41, 5.74) is -0.0767. The largest absolute Gasteiger partial charge is 0.416 e. The van der Waals surface area contributed by atoms with Gasteiger partial charge in [0.15, 0.2) is 0 Å². The molecule has 0 saturated carbocycles. The van der Waals surface area contributed by atoms with Gasteiger partial charge in [0.25, 0.3) is 0 Å². The van der Waals surface area contributed by atoms with Gasteiger partial charge in [-0.15, -0.1) is 0 Å². The number of nitrogens with zero attached hydrogens (tertiary/aromatic N) is 1. The van der Waals surface area contributed by atoms with Crippen LogP contribution in [0, 0.1) is 0 Å². The Kier molecular flexibility index (Phi) is 6.36. The van der Waals surface area contributed by atoms with Crippen LogP contribution in [0.2, 0.25) is 0 Å². The van der Waals surface area contributed by atoms with Crippen molar-refractivity contribution in [1.82, 2.24) is 10.2 Å². The van der Waals surface area contributed by atoms with E-state index in [1.165, 1.54) is 12.1 Å². The number of hydrogen-bond donors (Lipinski definition) is 1. The lowest BCUT2D eigenvalue weighted by atomic mass is 9.88. The number of halogens is 3. The minimum Gasteiger partial charge on any atom is -0.370 e. The molecule has 30 heavy (non-hydrogen) atoms. The third kappa shape index (κ3) is 5.15. The third-order valence-electron chi connectivity index (χ3n) is 6.49. The highest BCUT2D eigenvalue weighted by atomic mass is 19.4. The molecular weight excluding hydrogens is 397 g/mol. The number of carbonyl (C=O) groups excluding carboxylic acids is 1. The van der Waals surface area contributed by atoms with Gasteiger partial charge in [0.1, 0.15) is 6.10 Å². The molecule has 0 radical (unpaired) electrons. The monoisotopic (exact) mass is 426 g/mol. The van der Waals surface area contributed by atoms with Crippen LogP contribution in [-0.2, 0) is 27.0 Å². The Morgan fingerprint density at radius 2 is 2.00 bits per heavy atom. The van der Waals surface area contributed by atoms with E-state index in [0.29, 0.717) is 25.3 Å². The molecule has 3 heterocycles. The average Bonchev–Trinajstić information content (AvgIpc) is 3.39. The van der Waals surface area contributed by atoms with E-state index in [1.54, 1.807) is 6.07 Å². The van der Waals surface area contributed by atoms with Gasteiger partial charge in [-0.05, 0) is 50.2 Å². The summed E-state index contributed by atoms with van der Waals surface area (Å²) in [4.78, 5) is 14.3. The maximum absolute atomic E-state index is 12.9. The predicted molar refractivity (Wildman–Crippen MR) is 105 cm³/mol. The van der Waals surface area contributed by atoms with Gasteiger partial charge in [0.05, 0.1) is 17.3 Å². The number of likely N-dealkylation sites (tertiary alicyclic amines) is 1. The highest BCUT2D eigenvalue weighted by Gasteiger charge is 2.42. The number of rotatable bonds is 5. The lowest BCUT2D eigenvalue weighted by molar-refractivity contribution is -0.137. The van der Waals surface area contributed by atoms with Crippen molar-refractivity contribution in [3.05, 3.63) is 35.4 Å². The molecule has 3 aliphatic heterocycles. The molecule has 5 nitrogen and oxygen atoms in total. The lowest BCUT2D eigenvalue weighted by Gasteiger charge is -2.39. The zero-order valence-electron chi connectivity index (χ0n) is 17.0. The molecule has 3 aliphatic rings. The number of ether oxygens (including phenoxy) is 2. The van der Waals surface area contributed by atoms with Gasteiger partial charge in [-0.2, -0.15) is 13.2 Å².